The zero-order chi connectivity index (χ0) is 12.3. The number of nitrogens with zero attached hydrogens (tertiary/aromatic N) is 3. The lowest BCUT2D eigenvalue weighted by Gasteiger charge is -2.54. The van der Waals surface area contributed by atoms with E-state index in [0.717, 1.165) is 0 Å². The summed E-state index contributed by atoms with van der Waals surface area (Å²) in [5.41, 5.74) is -0.659. The van der Waals surface area contributed by atoms with Gasteiger partial charge in [-0.25, -0.2) is 13.8 Å². The molecule has 7 heteroatoms. The van der Waals surface area contributed by atoms with Crippen LogP contribution in [-0.4, -0.2) is 35.1 Å². The summed E-state index contributed by atoms with van der Waals surface area (Å²) >= 11 is 5.70. The van der Waals surface area contributed by atoms with Gasteiger partial charge >= 0.3 is 0 Å². The van der Waals surface area contributed by atoms with Crippen LogP contribution in [-0.2, 0) is 0 Å². The van der Waals surface area contributed by atoms with Crippen molar-refractivity contribution in [3.63, 3.8) is 0 Å². The van der Waals surface area contributed by atoms with Crippen LogP contribution in [0.2, 0.25) is 5.28 Å². The van der Waals surface area contributed by atoms with Crippen molar-refractivity contribution in [1.29, 1.82) is 0 Å². The van der Waals surface area contributed by atoms with Gasteiger partial charge in [-0.15, -0.1) is 0 Å². The molecule has 0 amide bonds. The molecular formula is C10H10ClF2N3O. The molecule has 0 atom stereocenters. The minimum absolute atomic E-state index is 0.0855. The van der Waals surface area contributed by atoms with Crippen LogP contribution in [0.5, 0.6) is 5.75 Å². The minimum atomic E-state index is -2.61. The number of halogens is 3. The number of ether oxygens (including phenoxy) is 1. The Morgan fingerprint density at radius 2 is 2.18 bits per heavy atom. The molecule has 17 heavy (non-hydrogen) atoms. The molecule has 2 aliphatic rings. The molecule has 1 spiro atoms. The Kier molecular flexibility index (Phi) is 2.05. The standard InChI is InChI=1S/C10H10ClF2N3O/c1-16-7-6(2-14-8(11)15-7)17-5-9(16)3-10(12,13)4-9/h2H,3-5H2,1H3. The third-order valence-corrected chi connectivity index (χ3v) is 3.59. The summed E-state index contributed by atoms with van der Waals surface area (Å²) in [6.45, 7) is 0.233. The monoisotopic (exact) mass is 261 g/mol. The fourth-order valence-electron chi connectivity index (χ4n) is 2.47. The van der Waals surface area contributed by atoms with Gasteiger partial charge in [-0.1, -0.05) is 0 Å². The second-order valence-corrected chi connectivity index (χ2v) is 4.95. The summed E-state index contributed by atoms with van der Waals surface area (Å²) in [6, 6.07) is 0. The first-order valence-corrected chi connectivity index (χ1v) is 5.57. The summed E-state index contributed by atoms with van der Waals surface area (Å²) in [4.78, 5) is 9.56. The number of hydrogen-bond donors (Lipinski definition) is 0. The highest BCUT2D eigenvalue weighted by molar-refractivity contribution is 6.28. The van der Waals surface area contributed by atoms with Gasteiger partial charge in [-0.3, -0.25) is 0 Å². The van der Waals surface area contributed by atoms with E-state index in [1.54, 1.807) is 11.9 Å². The number of aromatic nitrogens is 2. The number of anilines is 1. The maximum absolute atomic E-state index is 13.1. The number of likely N-dealkylation sites (N-methyl/N-ethyl adjacent to an activating group) is 1. The first kappa shape index (κ1) is 11.0. The first-order valence-electron chi connectivity index (χ1n) is 5.19. The van der Waals surface area contributed by atoms with Gasteiger partial charge in [0.1, 0.15) is 6.61 Å². The van der Waals surface area contributed by atoms with Crippen LogP contribution < -0.4 is 9.64 Å². The third kappa shape index (κ3) is 1.54. The van der Waals surface area contributed by atoms with E-state index in [-0.39, 0.29) is 24.7 Å². The van der Waals surface area contributed by atoms with E-state index in [1.165, 1.54) is 6.20 Å². The van der Waals surface area contributed by atoms with Gasteiger partial charge in [0.2, 0.25) is 5.28 Å². The maximum Gasteiger partial charge on any atom is 0.252 e. The molecule has 0 N–H and O–H groups in total. The smallest absolute Gasteiger partial charge is 0.252 e. The molecule has 0 aromatic carbocycles. The molecule has 0 unspecified atom stereocenters. The molecule has 2 heterocycles. The Morgan fingerprint density at radius 3 is 2.82 bits per heavy atom. The molecule has 1 aromatic rings. The second-order valence-electron chi connectivity index (χ2n) is 4.61. The number of alkyl halides is 2. The van der Waals surface area contributed by atoms with Gasteiger partial charge in [0.15, 0.2) is 11.6 Å². The van der Waals surface area contributed by atoms with Crippen molar-refractivity contribution in [2.45, 2.75) is 24.3 Å². The van der Waals surface area contributed by atoms with Gasteiger partial charge in [0, 0.05) is 19.9 Å². The minimum Gasteiger partial charge on any atom is -0.486 e. The van der Waals surface area contributed by atoms with Crippen LogP contribution in [0.1, 0.15) is 12.8 Å². The molecule has 1 fully saturated rings. The van der Waals surface area contributed by atoms with Gasteiger partial charge in [-0.2, -0.15) is 4.98 Å². The molecule has 1 aliphatic heterocycles. The lowest BCUT2D eigenvalue weighted by atomic mass is 9.72. The lowest BCUT2D eigenvalue weighted by Crippen LogP contribution is -2.66. The Balaban J connectivity index is 1.96. The van der Waals surface area contributed by atoms with Gasteiger partial charge < -0.3 is 9.64 Å². The predicted octanol–water partition coefficient (Wildman–Crippen LogP) is 2.13. The second kappa shape index (κ2) is 3.19. The van der Waals surface area contributed by atoms with E-state index in [0.29, 0.717) is 11.6 Å². The Labute approximate surface area is 102 Å². The van der Waals surface area contributed by atoms with Crippen molar-refractivity contribution in [3.8, 4) is 5.75 Å². The largest absolute Gasteiger partial charge is 0.486 e. The van der Waals surface area contributed by atoms with E-state index in [2.05, 4.69) is 9.97 Å². The normalized spacial score (nSPS) is 23.9. The maximum atomic E-state index is 13.1. The van der Waals surface area contributed by atoms with Crippen LogP contribution in [0.15, 0.2) is 6.20 Å². The van der Waals surface area contributed by atoms with Crippen LogP contribution in [0.25, 0.3) is 0 Å². The van der Waals surface area contributed by atoms with Gasteiger partial charge in [-0.05, 0) is 11.6 Å². The molecule has 4 nitrogen and oxygen atoms in total. The zero-order valence-corrected chi connectivity index (χ0v) is 9.84. The van der Waals surface area contributed by atoms with E-state index in [1.807, 2.05) is 0 Å². The summed E-state index contributed by atoms with van der Waals surface area (Å²) in [6.07, 6.45) is 1.04. The van der Waals surface area contributed by atoms with E-state index >= 15 is 0 Å². The molecular weight excluding hydrogens is 252 g/mol. The first-order chi connectivity index (χ1) is 7.92. The van der Waals surface area contributed by atoms with E-state index in [9.17, 15) is 8.78 Å². The zero-order valence-electron chi connectivity index (χ0n) is 9.08. The average Bonchev–Trinajstić information content (AvgIpc) is 2.21. The Morgan fingerprint density at radius 1 is 1.47 bits per heavy atom. The molecule has 1 aliphatic carbocycles. The quantitative estimate of drug-likeness (QED) is 0.671. The molecule has 1 aromatic heterocycles. The molecule has 3 rings (SSSR count). The van der Waals surface area contributed by atoms with Crippen molar-refractivity contribution >= 4 is 17.4 Å². The van der Waals surface area contributed by atoms with Crippen LogP contribution in [0, 0.1) is 0 Å². The third-order valence-electron chi connectivity index (χ3n) is 3.41. The van der Waals surface area contributed by atoms with Crippen molar-refractivity contribution in [2.24, 2.45) is 0 Å². The Bertz CT molecular complexity index is 475. The fraction of sp³-hybridized carbons (Fsp3) is 0.600. The molecule has 1 saturated carbocycles. The molecule has 0 saturated heterocycles. The topological polar surface area (TPSA) is 38.2 Å². The summed E-state index contributed by atoms with van der Waals surface area (Å²) < 4.78 is 31.6. The molecule has 92 valence electrons. The van der Waals surface area contributed by atoms with Crippen LogP contribution in [0.4, 0.5) is 14.6 Å². The highest BCUT2D eigenvalue weighted by Crippen LogP contribution is 2.52. The summed E-state index contributed by atoms with van der Waals surface area (Å²) in [5.74, 6) is -1.64. The van der Waals surface area contributed by atoms with Crippen molar-refractivity contribution in [3.05, 3.63) is 11.5 Å². The van der Waals surface area contributed by atoms with Crippen molar-refractivity contribution in [1.82, 2.24) is 9.97 Å². The van der Waals surface area contributed by atoms with Crippen LogP contribution >= 0.6 is 11.6 Å². The number of rotatable bonds is 0. The lowest BCUT2D eigenvalue weighted by molar-refractivity contribution is -0.135. The molecule has 0 radical (unpaired) electrons. The Hall–Kier alpha value is -1.17. The summed E-state index contributed by atoms with van der Waals surface area (Å²) in [7, 11) is 1.74. The predicted molar refractivity (Wildman–Crippen MR) is 57.9 cm³/mol. The van der Waals surface area contributed by atoms with Crippen LogP contribution in [0.3, 0.4) is 0 Å². The highest BCUT2D eigenvalue weighted by atomic mass is 35.5. The van der Waals surface area contributed by atoms with Gasteiger partial charge in [0.25, 0.3) is 5.92 Å². The van der Waals surface area contributed by atoms with Crippen molar-refractivity contribution in [2.75, 3.05) is 18.6 Å². The number of hydrogen-bond acceptors (Lipinski definition) is 4. The van der Waals surface area contributed by atoms with E-state index in [4.69, 9.17) is 16.3 Å². The number of fused-ring (bicyclic) bond motifs is 1. The van der Waals surface area contributed by atoms with Gasteiger partial charge in [0.05, 0.1) is 11.7 Å². The van der Waals surface area contributed by atoms with Crippen molar-refractivity contribution < 1.29 is 13.5 Å². The summed E-state index contributed by atoms with van der Waals surface area (Å²) in [5, 5.41) is 0.0855. The average molecular weight is 262 g/mol. The SMILES string of the molecule is CN1c2nc(Cl)ncc2OCC12CC(F)(F)C2. The highest BCUT2D eigenvalue weighted by Gasteiger charge is 2.61. The fourth-order valence-corrected chi connectivity index (χ4v) is 2.60. The molecule has 0 bridgehead atoms. The van der Waals surface area contributed by atoms with E-state index < -0.39 is 11.5 Å².